The van der Waals surface area contributed by atoms with Gasteiger partial charge in [-0.3, -0.25) is 14.4 Å². The monoisotopic (exact) mass is 428 g/mol. The zero-order valence-corrected chi connectivity index (χ0v) is 16.7. The molecule has 162 valence electrons. The standard InChI is InChI=1S/C22H21FN2O6/c1-2-19(21(29)24-15(11-20(27)28)18(26)12-23)31-22(30)25-16-9-5-3-7-13(16)14-8-4-6-10-17(14)25/h3-10,15,19H,2,11-12H2,1H3,(H,24,29)(H,27,28). The summed E-state index contributed by atoms with van der Waals surface area (Å²) in [6.45, 7) is 0.169. The van der Waals surface area contributed by atoms with Crippen molar-refractivity contribution in [2.45, 2.75) is 31.9 Å². The number of ketones is 1. The smallest absolute Gasteiger partial charge is 0.419 e. The number of para-hydroxylation sites is 2. The number of carboxylic acids is 1. The van der Waals surface area contributed by atoms with Gasteiger partial charge in [0.05, 0.1) is 17.5 Å². The molecule has 0 radical (unpaired) electrons. The summed E-state index contributed by atoms with van der Waals surface area (Å²) in [5.74, 6) is -3.31. The minimum Gasteiger partial charge on any atom is -0.481 e. The van der Waals surface area contributed by atoms with Crippen molar-refractivity contribution in [3.63, 3.8) is 0 Å². The van der Waals surface area contributed by atoms with Crippen LogP contribution in [0.5, 0.6) is 0 Å². The molecule has 9 heteroatoms. The number of hydrogen-bond donors (Lipinski definition) is 2. The van der Waals surface area contributed by atoms with Crippen molar-refractivity contribution in [2.75, 3.05) is 6.67 Å². The molecule has 1 heterocycles. The molecule has 0 fully saturated rings. The summed E-state index contributed by atoms with van der Waals surface area (Å²) in [6.07, 6.45) is -2.80. The second-order valence-electron chi connectivity index (χ2n) is 6.91. The summed E-state index contributed by atoms with van der Waals surface area (Å²) in [5, 5.41) is 12.7. The zero-order chi connectivity index (χ0) is 22.5. The fourth-order valence-corrected chi connectivity index (χ4v) is 3.39. The molecule has 2 unspecified atom stereocenters. The first-order valence-corrected chi connectivity index (χ1v) is 9.67. The van der Waals surface area contributed by atoms with Gasteiger partial charge in [0, 0.05) is 10.8 Å². The molecule has 3 rings (SSSR count). The molecular formula is C22H21FN2O6. The van der Waals surface area contributed by atoms with E-state index in [9.17, 15) is 23.6 Å². The van der Waals surface area contributed by atoms with E-state index in [-0.39, 0.29) is 6.42 Å². The molecule has 0 aliphatic heterocycles. The molecule has 0 saturated heterocycles. The molecule has 2 atom stereocenters. The number of alkyl halides is 1. The van der Waals surface area contributed by atoms with Crippen molar-refractivity contribution in [1.29, 1.82) is 0 Å². The maximum absolute atomic E-state index is 13.0. The van der Waals surface area contributed by atoms with Gasteiger partial charge in [0.25, 0.3) is 5.91 Å². The third-order valence-electron chi connectivity index (χ3n) is 4.88. The number of hydrogen-bond acceptors (Lipinski definition) is 5. The van der Waals surface area contributed by atoms with Crippen LogP contribution in [0.3, 0.4) is 0 Å². The lowest BCUT2D eigenvalue weighted by Crippen LogP contribution is -2.48. The van der Waals surface area contributed by atoms with Crippen LogP contribution in [0.4, 0.5) is 9.18 Å². The molecule has 31 heavy (non-hydrogen) atoms. The van der Waals surface area contributed by atoms with Gasteiger partial charge in [-0.05, 0) is 18.6 Å². The molecule has 0 bridgehead atoms. The van der Waals surface area contributed by atoms with E-state index in [4.69, 9.17) is 9.84 Å². The minimum atomic E-state index is -1.55. The molecule has 0 aliphatic rings. The quantitative estimate of drug-likeness (QED) is 0.570. The van der Waals surface area contributed by atoms with Gasteiger partial charge in [-0.15, -0.1) is 0 Å². The number of rotatable bonds is 8. The van der Waals surface area contributed by atoms with Crippen molar-refractivity contribution in [1.82, 2.24) is 9.88 Å². The topological polar surface area (TPSA) is 115 Å². The Bertz CT molecular complexity index is 1100. The van der Waals surface area contributed by atoms with Gasteiger partial charge in [-0.1, -0.05) is 43.3 Å². The van der Waals surface area contributed by atoms with Crippen molar-refractivity contribution in [3.8, 4) is 0 Å². The first kappa shape index (κ1) is 21.9. The molecule has 2 N–H and O–H groups in total. The summed E-state index contributed by atoms with van der Waals surface area (Å²) in [6, 6.07) is 12.9. The number of carboxylic acid groups (broad SMARTS) is 1. The number of aliphatic carboxylic acids is 1. The van der Waals surface area contributed by atoms with Crippen LogP contribution in [0.15, 0.2) is 48.5 Å². The summed E-state index contributed by atoms with van der Waals surface area (Å²) in [5.41, 5.74) is 1.20. The number of Topliss-reactive ketones (excluding diaryl/α,β-unsaturated/α-hetero) is 1. The number of nitrogens with one attached hydrogen (secondary N) is 1. The summed E-state index contributed by atoms with van der Waals surface area (Å²) >= 11 is 0. The van der Waals surface area contributed by atoms with Crippen LogP contribution in [0.1, 0.15) is 19.8 Å². The predicted molar refractivity (Wildman–Crippen MR) is 111 cm³/mol. The Morgan fingerprint density at radius 3 is 2.06 bits per heavy atom. The van der Waals surface area contributed by atoms with Gasteiger partial charge in [0.1, 0.15) is 12.7 Å². The fourth-order valence-electron chi connectivity index (χ4n) is 3.39. The largest absolute Gasteiger partial charge is 0.481 e. The summed E-state index contributed by atoms with van der Waals surface area (Å²) in [7, 11) is 0. The number of ether oxygens (including phenoxy) is 1. The highest BCUT2D eigenvalue weighted by Gasteiger charge is 2.29. The summed E-state index contributed by atoms with van der Waals surface area (Å²) in [4.78, 5) is 48.1. The van der Waals surface area contributed by atoms with Gasteiger partial charge in [-0.2, -0.15) is 0 Å². The van der Waals surface area contributed by atoms with E-state index < -0.39 is 49.0 Å². The highest BCUT2D eigenvalue weighted by Crippen LogP contribution is 2.29. The Morgan fingerprint density at radius 2 is 1.58 bits per heavy atom. The average Bonchev–Trinajstić information content (AvgIpc) is 3.10. The Balaban J connectivity index is 1.86. The molecule has 0 spiro atoms. The second kappa shape index (κ2) is 9.38. The zero-order valence-electron chi connectivity index (χ0n) is 16.7. The van der Waals surface area contributed by atoms with Crippen molar-refractivity contribution < 1.29 is 33.4 Å². The Hall–Kier alpha value is -3.75. The normalized spacial score (nSPS) is 13.0. The fraction of sp³-hybridized carbons (Fsp3) is 0.273. The van der Waals surface area contributed by atoms with E-state index in [1.165, 1.54) is 4.57 Å². The van der Waals surface area contributed by atoms with Crippen LogP contribution in [0.2, 0.25) is 0 Å². The van der Waals surface area contributed by atoms with E-state index >= 15 is 0 Å². The molecular weight excluding hydrogens is 407 g/mol. The number of aromatic nitrogens is 1. The van der Waals surface area contributed by atoms with Crippen LogP contribution < -0.4 is 5.32 Å². The SMILES string of the molecule is CCC(OC(=O)n1c2ccccc2c2ccccc21)C(=O)NC(CC(=O)O)C(=O)CF. The van der Waals surface area contributed by atoms with Crippen molar-refractivity contribution in [3.05, 3.63) is 48.5 Å². The van der Waals surface area contributed by atoms with Gasteiger partial charge >= 0.3 is 12.1 Å². The van der Waals surface area contributed by atoms with Crippen LogP contribution in [-0.2, 0) is 19.1 Å². The molecule has 1 amide bonds. The second-order valence-corrected chi connectivity index (χ2v) is 6.91. The number of nitrogens with zero attached hydrogens (tertiary/aromatic N) is 1. The molecule has 0 saturated carbocycles. The third-order valence-corrected chi connectivity index (χ3v) is 4.88. The van der Waals surface area contributed by atoms with Crippen LogP contribution in [0.25, 0.3) is 21.8 Å². The molecule has 3 aromatic rings. The van der Waals surface area contributed by atoms with Gasteiger partial charge in [0.15, 0.2) is 11.9 Å². The molecule has 0 aliphatic carbocycles. The van der Waals surface area contributed by atoms with E-state index in [0.717, 1.165) is 10.8 Å². The van der Waals surface area contributed by atoms with E-state index in [1.807, 2.05) is 24.3 Å². The Labute approximate surface area is 176 Å². The number of fused-ring (bicyclic) bond motifs is 3. The van der Waals surface area contributed by atoms with Crippen molar-refractivity contribution >= 4 is 45.6 Å². The van der Waals surface area contributed by atoms with Gasteiger partial charge in [-0.25, -0.2) is 13.8 Å². The lowest BCUT2D eigenvalue weighted by atomic mass is 10.1. The molecule has 1 aromatic heterocycles. The lowest BCUT2D eigenvalue weighted by Gasteiger charge is -2.20. The van der Waals surface area contributed by atoms with E-state index in [0.29, 0.717) is 11.0 Å². The number of carbonyl (C=O) groups excluding carboxylic acids is 3. The molecule has 8 nitrogen and oxygen atoms in total. The van der Waals surface area contributed by atoms with Crippen LogP contribution >= 0.6 is 0 Å². The highest BCUT2D eigenvalue weighted by molar-refractivity contribution is 6.12. The first-order chi connectivity index (χ1) is 14.9. The van der Waals surface area contributed by atoms with Gasteiger partial charge in [0.2, 0.25) is 0 Å². The average molecular weight is 428 g/mol. The Kier molecular flexibility index (Phi) is 6.64. The Morgan fingerprint density at radius 1 is 1.03 bits per heavy atom. The van der Waals surface area contributed by atoms with Crippen LogP contribution in [0, 0.1) is 0 Å². The van der Waals surface area contributed by atoms with E-state index in [1.54, 1.807) is 31.2 Å². The summed E-state index contributed by atoms with van der Waals surface area (Å²) < 4.78 is 19.5. The maximum Gasteiger partial charge on any atom is 0.419 e. The number of carbonyl (C=O) groups is 4. The first-order valence-electron chi connectivity index (χ1n) is 9.67. The lowest BCUT2D eigenvalue weighted by molar-refractivity contribution is -0.141. The minimum absolute atomic E-state index is 0.0678. The number of halogens is 1. The number of amides is 1. The number of benzene rings is 2. The third kappa shape index (κ3) is 4.55. The maximum atomic E-state index is 13.0. The van der Waals surface area contributed by atoms with Crippen molar-refractivity contribution in [2.24, 2.45) is 0 Å². The molecule has 2 aromatic carbocycles. The predicted octanol–water partition coefficient (Wildman–Crippen LogP) is 3.06. The van der Waals surface area contributed by atoms with Gasteiger partial charge < -0.3 is 15.2 Å². The highest BCUT2D eigenvalue weighted by atomic mass is 19.1. The van der Waals surface area contributed by atoms with Crippen LogP contribution in [-0.4, -0.2) is 52.2 Å². The van der Waals surface area contributed by atoms with E-state index in [2.05, 4.69) is 5.32 Å².